The summed E-state index contributed by atoms with van der Waals surface area (Å²) in [5.74, 6) is 0.751. The predicted molar refractivity (Wildman–Crippen MR) is 87.1 cm³/mol. The Balaban J connectivity index is 2.58. The summed E-state index contributed by atoms with van der Waals surface area (Å²) in [5, 5.41) is 3.76. The van der Waals surface area contributed by atoms with E-state index in [1.807, 2.05) is 0 Å². The first kappa shape index (κ1) is 17.9. The summed E-state index contributed by atoms with van der Waals surface area (Å²) in [6.45, 7) is 20.0. The van der Waals surface area contributed by atoms with E-state index in [0.29, 0.717) is 23.6 Å². The van der Waals surface area contributed by atoms with E-state index in [2.05, 4.69) is 58.7 Å². The lowest BCUT2D eigenvalue weighted by Gasteiger charge is -2.45. The number of hydrogen-bond acceptors (Lipinski definition) is 3. The zero-order valence-corrected chi connectivity index (χ0v) is 14.7. The van der Waals surface area contributed by atoms with Gasteiger partial charge in [-0.25, -0.2) is 0 Å². The van der Waals surface area contributed by atoms with E-state index in [1.54, 1.807) is 0 Å². The van der Waals surface area contributed by atoms with Gasteiger partial charge < -0.3 is 10.1 Å². The van der Waals surface area contributed by atoms with E-state index in [4.69, 9.17) is 4.74 Å². The number of ether oxygens (including phenoxy) is 1. The molecule has 1 aliphatic heterocycles. The minimum absolute atomic E-state index is 0.319. The average Bonchev–Trinajstić information content (AvgIpc) is 2.28. The Morgan fingerprint density at radius 2 is 1.85 bits per heavy atom. The van der Waals surface area contributed by atoms with Crippen molar-refractivity contribution < 1.29 is 4.74 Å². The molecule has 0 aliphatic carbocycles. The van der Waals surface area contributed by atoms with Crippen molar-refractivity contribution >= 4 is 0 Å². The Hall–Kier alpha value is -0.120. The summed E-state index contributed by atoms with van der Waals surface area (Å²) in [7, 11) is 0. The quantitative estimate of drug-likeness (QED) is 0.811. The van der Waals surface area contributed by atoms with E-state index in [0.717, 1.165) is 32.2 Å². The molecule has 1 N–H and O–H groups in total. The third kappa shape index (κ3) is 6.11. The summed E-state index contributed by atoms with van der Waals surface area (Å²) in [5.41, 5.74) is 0.319. The highest BCUT2D eigenvalue weighted by molar-refractivity contribution is 4.92. The van der Waals surface area contributed by atoms with Crippen LogP contribution in [0.2, 0.25) is 0 Å². The largest absolute Gasteiger partial charge is 0.377 e. The van der Waals surface area contributed by atoms with Gasteiger partial charge in [0.05, 0.1) is 12.7 Å². The molecule has 2 unspecified atom stereocenters. The number of nitrogens with zero attached hydrogens (tertiary/aromatic N) is 1. The maximum atomic E-state index is 5.76. The molecule has 20 heavy (non-hydrogen) atoms. The molecule has 0 radical (unpaired) electrons. The van der Waals surface area contributed by atoms with Crippen LogP contribution >= 0.6 is 0 Å². The molecular formula is C17H36N2O. The van der Waals surface area contributed by atoms with E-state index >= 15 is 0 Å². The van der Waals surface area contributed by atoms with Gasteiger partial charge in [-0.3, -0.25) is 4.90 Å². The van der Waals surface area contributed by atoms with Crippen molar-refractivity contribution in [3.8, 4) is 0 Å². The molecule has 0 saturated carbocycles. The summed E-state index contributed by atoms with van der Waals surface area (Å²) in [4.78, 5) is 2.65. The smallest absolute Gasteiger partial charge is 0.0597 e. The first-order valence-corrected chi connectivity index (χ1v) is 8.29. The SMILES string of the molecule is CC(C)CC1CNC(C(C)(C)C)CN1CCOC(C)C. The van der Waals surface area contributed by atoms with Crippen molar-refractivity contribution in [2.75, 3.05) is 26.2 Å². The molecule has 1 saturated heterocycles. The van der Waals surface area contributed by atoms with Crippen molar-refractivity contribution in [2.45, 2.75) is 73.1 Å². The van der Waals surface area contributed by atoms with E-state index in [-0.39, 0.29) is 0 Å². The van der Waals surface area contributed by atoms with Crippen LogP contribution in [0.1, 0.15) is 54.9 Å². The normalized spacial score (nSPS) is 25.6. The van der Waals surface area contributed by atoms with Gasteiger partial charge in [0.25, 0.3) is 0 Å². The summed E-state index contributed by atoms with van der Waals surface area (Å²) < 4.78 is 5.76. The Kier molecular flexibility index (Phi) is 6.96. The fourth-order valence-electron chi connectivity index (χ4n) is 2.89. The van der Waals surface area contributed by atoms with Gasteiger partial charge in [-0.15, -0.1) is 0 Å². The van der Waals surface area contributed by atoms with Crippen LogP contribution in [0.25, 0.3) is 0 Å². The standard InChI is InChI=1S/C17H36N2O/c1-13(2)10-15-11-18-16(17(5,6)7)12-19(15)8-9-20-14(3)4/h13-16,18H,8-12H2,1-7H3. The molecule has 1 fully saturated rings. The fourth-order valence-corrected chi connectivity index (χ4v) is 2.89. The van der Waals surface area contributed by atoms with Crippen LogP contribution in [0.3, 0.4) is 0 Å². The van der Waals surface area contributed by atoms with Gasteiger partial charge in [0.2, 0.25) is 0 Å². The van der Waals surface area contributed by atoms with Gasteiger partial charge in [-0.1, -0.05) is 34.6 Å². The Morgan fingerprint density at radius 3 is 2.35 bits per heavy atom. The number of nitrogens with one attached hydrogen (secondary N) is 1. The van der Waals surface area contributed by atoms with Crippen molar-refractivity contribution in [3.05, 3.63) is 0 Å². The molecule has 2 atom stereocenters. The second-order valence-corrected chi connectivity index (χ2v) is 8.02. The van der Waals surface area contributed by atoms with Crippen LogP contribution in [0.4, 0.5) is 0 Å². The Labute approximate surface area is 126 Å². The molecular weight excluding hydrogens is 248 g/mol. The van der Waals surface area contributed by atoms with Crippen LogP contribution in [0.15, 0.2) is 0 Å². The molecule has 120 valence electrons. The highest BCUT2D eigenvalue weighted by Crippen LogP contribution is 2.25. The predicted octanol–water partition coefficient (Wildman–Crippen LogP) is 3.15. The van der Waals surface area contributed by atoms with Crippen LogP contribution in [0.5, 0.6) is 0 Å². The van der Waals surface area contributed by atoms with Crippen LogP contribution < -0.4 is 5.32 Å². The first-order valence-electron chi connectivity index (χ1n) is 8.29. The zero-order chi connectivity index (χ0) is 15.3. The molecule has 0 amide bonds. The first-order chi connectivity index (χ1) is 9.20. The molecule has 0 aromatic rings. The molecule has 0 bridgehead atoms. The number of piperazine rings is 1. The molecule has 0 aromatic heterocycles. The van der Waals surface area contributed by atoms with Crippen LogP contribution in [0, 0.1) is 11.3 Å². The van der Waals surface area contributed by atoms with E-state index in [1.165, 1.54) is 6.42 Å². The van der Waals surface area contributed by atoms with Gasteiger partial charge in [-0.05, 0) is 31.6 Å². The van der Waals surface area contributed by atoms with Gasteiger partial charge in [0.1, 0.15) is 0 Å². The second kappa shape index (κ2) is 7.77. The van der Waals surface area contributed by atoms with Crippen LogP contribution in [-0.2, 0) is 4.74 Å². The van der Waals surface area contributed by atoms with Gasteiger partial charge in [0, 0.05) is 31.7 Å². The van der Waals surface area contributed by atoms with Crippen LogP contribution in [-0.4, -0.2) is 49.3 Å². The summed E-state index contributed by atoms with van der Waals surface area (Å²) in [6, 6.07) is 1.23. The molecule has 3 heteroatoms. The molecule has 1 heterocycles. The van der Waals surface area contributed by atoms with Crippen molar-refractivity contribution in [2.24, 2.45) is 11.3 Å². The van der Waals surface area contributed by atoms with E-state index in [9.17, 15) is 0 Å². The van der Waals surface area contributed by atoms with Crippen molar-refractivity contribution in [1.29, 1.82) is 0 Å². The van der Waals surface area contributed by atoms with Gasteiger partial charge in [-0.2, -0.15) is 0 Å². The number of hydrogen-bond donors (Lipinski definition) is 1. The third-order valence-corrected chi connectivity index (χ3v) is 4.15. The molecule has 3 nitrogen and oxygen atoms in total. The van der Waals surface area contributed by atoms with E-state index < -0.39 is 0 Å². The minimum atomic E-state index is 0.319. The molecule has 1 aliphatic rings. The minimum Gasteiger partial charge on any atom is -0.377 e. The topological polar surface area (TPSA) is 24.5 Å². The molecule has 1 rings (SSSR count). The Morgan fingerprint density at radius 1 is 1.20 bits per heavy atom. The molecule has 0 aromatic carbocycles. The van der Waals surface area contributed by atoms with Crippen molar-refractivity contribution in [3.63, 3.8) is 0 Å². The molecule has 0 spiro atoms. The second-order valence-electron chi connectivity index (χ2n) is 8.02. The number of rotatable bonds is 6. The summed E-state index contributed by atoms with van der Waals surface area (Å²) >= 11 is 0. The fraction of sp³-hybridized carbons (Fsp3) is 1.00. The highest BCUT2D eigenvalue weighted by atomic mass is 16.5. The summed E-state index contributed by atoms with van der Waals surface area (Å²) in [6.07, 6.45) is 1.60. The van der Waals surface area contributed by atoms with Gasteiger partial charge in [0.15, 0.2) is 0 Å². The lowest BCUT2D eigenvalue weighted by molar-refractivity contribution is 0.0209. The maximum Gasteiger partial charge on any atom is 0.0597 e. The Bertz CT molecular complexity index is 271. The zero-order valence-electron chi connectivity index (χ0n) is 14.7. The maximum absolute atomic E-state index is 5.76. The van der Waals surface area contributed by atoms with Gasteiger partial charge >= 0.3 is 0 Å². The lowest BCUT2D eigenvalue weighted by Crippen LogP contribution is -2.61. The van der Waals surface area contributed by atoms with Crippen molar-refractivity contribution in [1.82, 2.24) is 10.2 Å². The average molecular weight is 284 g/mol. The third-order valence-electron chi connectivity index (χ3n) is 4.15. The monoisotopic (exact) mass is 284 g/mol. The highest BCUT2D eigenvalue weighted by Gasteiger charge is 2.33. The lowest BCUT2D eigenvalue weighted by atomic mass is 9.84.